The Morgan fingerprint density at radius 1 is 1.50 bits per heavy atom. The van der Waals surface area contributed by atoms with E-state index in [-0.39, 0.29) is 6.10 Å². The second kappa shape index (κ2) is 5.22. The fourth-order valence-corrected chi connectivity index (χ4v) is 2.84. The molecule has 18 heavy (non-hydrogen) atoms. The summed E-state index contributed by atoms with van der Waals surface area (Å²) in [6.07, 6.45) is 1.11. The van der Waals surface area contributed by atoms with Gasteiger partial charge < -0.3 is 14.5 Å². The van der Waals surface area contributed by atoms with E-state index in [9.17, 15) is 0 Å². The van der Waals surface area contributed by atoms with Gasteiger partial charge in [0.15, 0.2) is 10.8 Å². The standard InChI is InChI=1S/C13H16N2O2S/c1-9-2-3-12(17-9)13-15-10(8-18-13)6-11-7-14-4-5-16-11/h2-3,8,11,14H,4-7H2,1H3. The third kappa shape index (κ3) is 2.63. The molecule has 0 aliphatic carbocycles. The number of hydrogen-bond acceptors (Lipinski definition) is 5. The molecule has 1 atom stereocenters. The Bertz CT molecular complexity index is 515. The number of aryl methyl sites for hydroxylation is 1. The highest BCUT2D eigenvalue weighted by molar-refractivity contribution is 7.13. The van der Waals surface area contributed by atoms with Crippen LogP contribution in [0.4, 0.5) is 0 Å². The summed E-state index contributed by atoms with van der Waals surface area (Å²) in [5.74, 6) is 1.77. The molecule has 0 bridgehead atoms. The molecule has 2 aromatic rings. The summed E-state index contributed by atoms with van der Waals surface area (Å²) in [5.41, 5.74) is 1.08. The molecular weight excluding hydrogens is 248 g/mol. The molecule has 1 N–H and O–H groups in total. The smallest absolute Gasteiger partial charge is 0.162 e. The number of hydrogen-bond donors (Lipinski definition) is 1. The lowest BCUT2D eigenvalue weighted by Gasteiger charge is -2.22. The molecule has 1 fully saturated rings. The fourth-order valence-electron chi connectivity index (χ4n) is 2.05. The Morgan fingerprint density at radius 3 is 3.17 bits per heavy atom. The second-order valence-corrected chi connectivity index (χ2v) is 5.31. The summed E-state index contributed by atoms with van der Waals surface area (Å²) < 4.78 is 11.3. The Morgan fingerprint density at radius 2 is 2.44 bits per heavy atom. The van der Waals surface area contributed by atoms with Gasteiger partial charge in [0.05, 0.1) is 18.4 Å². The predicted molar refractivity (Wildman–Crippen MR) is 70.9 cm³/mol. The fraction of sp³-hybridized carbons (Fsp3) is 0.462. The summed E-state index contributed by atoms with van der Waals surface area (Å²) >= 11 is 1.62. The number of ether oxygens (including phenoxy) is 1. The van der Waals surface area contributed by atoms with Crippen LogP contribution in [0.5, 0.6) is 0 Å². The molecule has 0 radical (unpaired) electrons. The molecule has 96 valence electrons. The van der Waals surface area contributed by atoms with Crippen LogP contribution in [0.1, 0.15) is 11.5 Å². The highest BCUT2D eigenvalue weighted by Crippen LogP contribution is 2.26. The highest BCUT2D eigenvalue weighted by atomic mass is 32.1. The van der Waals surface area contributed by atoms with Crippen LogP contribution in [0.15, 0.2) is 21.9 Å². The minimum Gasteiger partial charge on any atom is -0.459 e. The predicted octanol–water partition coefficient (Wildman–Crippen LogP) is 2.24. The third-order valence-electron chi connectivity index (χ3n) is 2.94. The zero-order chi connectivity index (χ0) is 12.4. The first-order valence-corrected chi connectivity index (χ1v) is 7.03. The van der Waals surface area contributed by atoms with Crippen molar-refractivity contribution in [1.29, 1.82) is 0 Å². The highest BCUT2D eigenvalue weighted by Gasteiger charge is 2.16. The molecular formula is C13H16N2O2S. The van der Waals surface area contributed by atoms with Crippen molar-refractivity contribution in [2.75, 3.05) is 19.7 Å². The summed E-state index contributed by atoms with van der Waals surface area (Å²) in [6.45, 7) is 4.59. The van der Waals surface area contributed by atoms with Crippen LogP contribution in [0.3, 0.4) is 0 Å². The SMILES string of the molecule is Cc1ccc(-c2nc(CC3CNCCO3)cs2)o1. The van der Waals surface area contributed by atoms with Gasteiger partial charge in [-0.2, -0.15) is 0 Å². The van der Waals surface area contributed by atoms with Crippen molar-refractivity contribution >= 4 is 11.3 Å². The molecule has 3 heterocycles. The van der Waals surface area contributed by atoms with E-state index < -0.39 is 0 Å². The maximum Gasteiger partial charge on any atom is 0.162 e. The molecule has 4 nitrogen and oxygen atoms in total. The van der Waals surface area contributed by atoms with Crippen LogP contribution in [-0.4, -0.2) is 30.8 Å². The molecule has 1 aliphatic rings. The van der Waals surface area contributed by atoms with Gasteiger partial charge >= 0.3 is 0 Å². The van der Waals surface area contributed by atoms with Crippen LogP contribution in [0.2, 0.25) is 0 Å². The molecule has 2 aromatic heterocycles. The number of aromatic nitrogens is 1. The Balaban J connectivity index is 1.69. The normalized spacial score (nSPS) is 20.2. The van der Waals surface area contributed by atoms with E-state index in [2.05, 4.69) is 15.7 Å². The number of furan rings is 1. The van der Waals surface area contributed by atoms with Crippen LogP contribution in [0, 0.1) is 6.92 Å². The summed E-state index contributed by atoms with van der Waals surface area (Å²) in [7, 11) is 0. The molecule has 0 spiro atoms. The Labute approximate surface area is 110 Å². The molecule has 1 aliphatic heterocycles. The zero-order valence-electron chi connectivity index (χ0n) is 10.3. The monoisotopic (exact) mass is 264 g/mol. The largest absolute Gasteiger partial charge is 0.459 e. The lowest BCUT2D eigenvalue weighted by atomic mass is 10.2. The van der Waals surface area contributed by atoms with Gasteiger partial charge in [-0.1, -0.05) is 0 Å². The maximum absolute atomic E-state index is 5.68. The van der Waals surface area contributed by atoms with Crippen molar-refractivity contribution < 1.29 is 9.15 Å². The average Bonchev–Trinajstić information content (AvgIpc) is 2.99. The van der Waals surface area contributed by atoms with Gasteiger partial charge in [0, 0.05) is 24.9 Å². The van der Waals surface area contributed by atoms with Crippen molar-refractivity contribution in [1.82, 2.24) is 10.3 Å². The molecule has 3 rings (SSSR count). The third-order valence-corrected chi connectivity index (χ3v) is 3.85. The van der Waals surface area contributed by atoms with E-state index in [1.54, 1.807) is 11.3 Å². The zero-order valence-corrected chi connectivity index (χ0v) is 11.1. The van der Waals surface area contributed by atoms with Crippen LogP contribution < -0.4 is 5.32 Å². The van der Waals surface area contributed by atoms with E-state index in [4.69, 9.17) is 9.15 Å². The molecule has 0 amide bonds. The topological polar surface area (TPSA) is 47.3 Å². The van der Waals surface area contributed by atoms with E-state index >= 15 is 0 Å². The number of rotatable bonds is 3. The van der Waals surface area contributed by atoms with Crippen LogP contribution in [0.25, 0.3) is 10.8 Å². The van der Waals surface area contributed by atoms with Crippen molar-refractivity contribution in [2.45, 2.75) is 19.4 Å². The van der Waals surface area contributed by atoms with Crippen LogP contribution in [-0.2, 0) is 11.2 Å². The number of nitrogens with one attached hydrogen (secondary N) is 1. The van der Waals surface area contributed by atoms with Gasteiger partial charge in [0.2, 0.25) is 0 Å². The van der Waals surface area contributed by atoms with E-state index in [0.717, 1.165) is 48.3 Å². The lowest BCUT2D eigenvalue weighted by molar-refractivity contribution is 0.0287. The number of nitrogens with zero attached hydrogens (tertiary/aromatic N) is 1. The number of thiazole rings is 1. The maximum atomic E-state index is 5.68. The van der Waals surface area contributed by atoms with Crippen LogP contribution >= 0.6 is 11.3 Å². The average molecular weight is 264 g/mol. The van der Waals surface area contributed by atoms with E-state index in [0.29, 0.717) is 0 Å². The van der Waals surface area contributed by atoms with Gasteiger partial charge in [-0.3, -0.25) is 0 Å². The first kappa shape index (κ1) is 11.9. The minimum atomic E-state index is 0.243. The van der Waals surface area contributed by atoms with Gasteiger partial charge in [-0.25, -0.2) is 4.98 Å². The molecule has 1 saturated heterocycles. The van der Waals surface area contributed by atoms with Crippen molar-refractivity contribution in [3.8, 4) is 10.8 Å². The summed E-state index contributed by atoms with van der Waals surface area (Å²) in [6, 6.07) is 3.93. The van der Waals surface area contributed by atoms with E-state index in [1.165, 1.54) is 0 Å². The van der Waals surface area contributed by atoms with Gasteiger partial charge in [0.25, 0.3) is 0 Å². The molecule has 1 unspecified atom stereocenters. The first-order chi connectivity index (χ1) is 8.81. The van der Waals surface area contributed by atoms with E-state index in [1.807, 2.05) is 19.1 Å². The van der Waals surface area contributed by atoms with Crippen molar-refractivity contribution in [2.24, 2.45) is 0 Å². The van der Waals surface area contributed by atoms with Crippen molar-refractivity contribution in [3.05, 3.63) is 29.0 Å². The number of morpholine rings is 1. The second-order valence-electron chi connectivity index (χ2n) is 4.46. The first-order valence-electron chi connectivity index (χ1n) is 6.15. The minimum absolute atomic E-state index is 0.243. The van der Waals surface area contributed by atoms with Gasteiger partial charge in [-0.15, -0.1) is 11.3 Å². The molecule has 0 saturated carbocycles. The van der Waals surface area contributed by atoms with Gasteiger partial charge in [-0.05, 0) is 19.1 Å². The molecule has 5 heteroatoms. The lowest BCUT2D eigenvalue weighted by Crippen LogP contribution is -2.39. The quantitative estimate of drug-likeness (QED) is 0.923. The Kier molecular flexibility index (Phi) is 3.45. The van der Waals surface area contributed by atoms with Gasteiger partial charge in [0.1, 0.15) is 5.76 Å². The summed E-state index contributed by atoms with van der Waals surface area (Å²) in [5, 5.41) is 6.36. The Hall–Kier alpha value is -1.17. The van der Waals surface area contributed by atoms with Crippen molar-refractivity contribution in [3.63, 3.8) is 0 Å². The summed E-state index contributed by atoms with van der Waals surface area (Å²) in [4.78, 5) is 4.60. The molecule has 0 aromatic carbocycles.